The third-order valence-electron chi connectivity index (χ3n) is 3.77. The molecule has 0 aliphatic rings. The summed E-state index contributed by atoms with van der Waals surface area (Å²) in [4.78, 5) is 37.1. The van der Waals surface area contributed by atoms with Crippen LogP contribution in [0.5, 0.6) is 5.75 Å². The van der Waals surface area contributed by atoms with Gasteiger partial charge >= 0.3 is 5.97 Å². The van der Waals surface area contributed by atoms with Gasteiger partial charge in [0.2, 0.25) is 0 Å². The minimum atomic E-state index is -0.903. The van der Waals surface area contributed by atoms with Gasteiger partial charge in [-0.1, -0.05) is 19.9 Å². The van der Waals surface area contributed by atoms with Gasteiger partial charge in [0, 0.05) is 5.56 Å². The maximum Gasteiger partial charge on any atom is 0.329 e. The van der Waals surface area contributed by atoms with Crippen LogP contribution in [0.25, 0.3) is 0 Å². The summed E-state index contributed by atoms with van der Waals surface area (Å²) in [5.74, 6) is -2.58. The molecule has 1 amide bonds. The summed E-state index contributed by atoms with van der Waals surface area (Å²) < 4.78 is 23.5. The number of amides is 1. The minimum Gasteiger partial charge on any atom is -0.494 e. The first-order valence-corrected chi connectivity index (χ1v) is 9.09. The van der Waals surface area contributed by atoms with Gasteiger partial charge in [-0.25, -0.2) is 9.18 Å². The van der Waals surface area contributed by atoms with E-state index in [4.69, 9.17) is 9.47 Å². The molecule has 0 radical (unpaired) electrons. The van der Waals surface area contributed by atoms with Crippen molar-refractivity contribution >= 4 is 29.0 Å². The van der Waals surface area contributed by atoms with Gasteiger partial charge in [-0.2, -0.15) is 0 Å². The van der Waals surface area contributed by atoms with Crippen LogP contribution in [-0.4, -0.2) is 37.4 Å². The van der Waals surface area contributed by atoms with Gasteiger partial charge in [0.1, 0.15) is 6.04 Å². The molecule has 144 valence electrons. The number of esters is 1. The van der Waals surface area contributed by atoms with Crippen molar-refractivity contribution in [3.63, 3.8) is 0 Å². The van der Waals surface area contributed by atoms with E-state index < -0.39 is 30.2 Å². The van der Waals surface area contributed by atoms with Crippen molar-refractivity contribution in [2.75, 3.05) is 13.7 Å². The molecular weight excluding hydrogens is 373 g/mol. The molecule has 0 aliphatic heterocycles. The van der Waals surface area contributed by atoms with Crippen molar-refractivity contribution < 1.29 is 28.2 Å². The minimum absolute atomic E-state index is 0.0136. The van der Waals surface area contributed by atoms with Gasteiger partial charge in [-0.05, 0) is 35.6 Å². The summed E-state index contributed by atoms with van der Waals surface area (Å²) in [6, 6.07) is 6.20. The molecule has 0 saturated heterocycles. The van der Waals surface area contributed by atoms with E-state index in [-0.39, 0.29) is 23.1 Å². The van der Waals surface area contributed by atoms with Crippen LogP contribution in [0, 0.1) is 11.7 Å². The molecule has 0 fully saturated rings. The molecule has 0 spiro atoms. The highest BCUT2D eigenvalue weighted by molar-refractivity contribution is 7.12. The van der Waals surface area contributed by atoms with Crippen molar-refractivity contribution in [3.05, 3.63) is 52.0 Å². The van der Waals surface area contributed by atoms with Gasteiger partial charge in [-0.15, -0.1) is 11.3 Å². The number of Topliss-reactive ketones (excluding diaryl/α,β-unsaturated/α-hetero) is 1. The lowest BCUT2D eigenvalue weighted by Gasteiger charge is -2.20. The van der Waals surface area contributed by atoms with E-state index in [2.05, 4.69) is 5.32 Å². The number of rotatable bonds is 8. The first kappa shape index (κ1) is 20.6. The van der Waals surface area contributed by atoms with Crippen molar-refractivity contribution in [2.45, 2.75) is 19.9 Å². The molecule has 2 aromatic rings. The van der Waals surface area contributed by atoms with Crippen LogP contribution in [0.4, 0.5) is 4.39 Å². The molecule has 0 bridgehead atoms. The van der Waals surface area contributed by atoms with Crippen LogP contribution in [-0.2, 0) is 9.53 Å². The van der Waals surface area contributed by atoms with Crippen LogP contribution in [0.2, 0.25) is 0 Å². The molecule has 27 heavy (non-hydrogen) atoms. The third kappa shape index (κ3) is 5.37. The van der Waals surface area contributed by atoms with Crippen molar-refractivity contribution in [1.29, 1.82) is 0 Å². The maximum absolute atomic E-state index is 13.7. The summed E-state index contributed by atoms with van der Waals surface area (Å²) in [6.07, 6.45) is 0. The predicted octanol–water partition coefficient (Wildman–Crippen LogP) is 3.08. The van der Waals surface area contributed by atoms with Gasteiger partial charge in [0.15, 0.2) is 24.0 Å². The van der Waals surface area contributed by atoms with Gasteiger partial charge in [0.25, 0.3) is 5.91 Å². The topological polar surface area (TPSA) is 81.7 Å². The quantitative estimate of drug-likeness (QED) is 0.551. The molecule has 6 nitrogen and oxygen atoms in total. The molecular formula is C19H20FNO5S. The Hall–Kier alpha value is -2.74. The fraction of sp³-hybridized carbons (Fsp3) is 0.316. The summed E-state index contributed by atoms with van der Waals surface area (Å²) in [6.45, 7) is 2.95. The molecule has 8 heteroatoms. The summed E-state index contributed by atoms with van der Waals surface area (Å²) in [5.41, 5.74) is 0.0600. The van der Waals surface area contributed by atoms with E-state index in [0.717, 1.165) is 6.07 Å². The number of halogens is 1. The number of benzene rings is 1. The highest BCUT2D eigenvalue weighted by atomic mass is 32.1. The van der Waals surface area contributed by atoms with E-state index >= 15 is 0 Å². The molecule has 1 aromatic carbocycles. The van der Waals surface area contributed by atoms with E-state index in [1.165, 1.54) is 30.6 Å². The van der Waals surface area contributed by atoms with E-state index in [1.807, 2.05) is 0 Å². The van der Waals surface area contributed by atoms with Crippen LogP contribution in [0.3, 0.4) is 0 Å². The standard InChI is InChI=1S/C19H20FNO5S/c1-11(2)17(21-18(23)16-5-4-8-27-16)19(24)26-10-14(22)12-6-7-15(25-3)13(20)9-12/h4-9,11,17H,10H2,1-3H3,(H,21,23)/t17-/m1/s1. The first-order valence-electron chi connectivity index (χ1n) is 8.21. The van der Waals surface area contributed by atoms with Crippen molar-refractivity contribution in [1.82, 2.24) is 5.32 Å². The molecule has 1 heterocycles. The number of carbonyl (C=O) groups excluding carboxylic acids is 3. The fourth-order valence-corrected chi connectivity index (χ4v) is 2.89. The average molecular weight is 393 g/mol. The average Bonchev–Trinajstić information content (AvgIpc) is 3.18. The van der Waals surface area contributed by atoms with Crippen LogP contribution >= 0.6 is 11.3 Å². The largest absolute Gasteiger partial charge is 0.494 e. The number of hydrogen-bond acceptors (Lipinski definition) is 6. The van der Waals surface area contributed by atoms with E-state index in [1.54, 1.807) is 31.4 Å². The Morgan fingerprint density at radius 1 is 1.22 bits per heavy atom. The second kappa shape index (κ2) is 9.27. The first-order chi connectivity index (χ1) is 12.8. The second-order valence-electron chi connectivity index (χ2n) is 6.05. The molecule has 0 aliphatic carbocycles. The smallest absolute Gasteiger partial charge is 0.329 e. The normalized spacial score (nSPS) is 11.7. The summed E-state index contributed by atoms with van der Waals surface area (Å²) >= 11 is 1.25. The van der Waals surface area contributed by atoms with Gasteiger partial charge in [-0.3, -0.25) is 9.59 Å². The number of ether oxygens (including phenoxy) is 2. The zero-order valence-corrected chi connectivity index (χ0v) is 16.0. The molecule has 1 N–H and O–H groups in total. The Morgan fingerprint density at radius 2 is 1.96 bits per heavy atom. The molecule has 2 rings (SSSR count). The number of methoxy groups -OCH3 is 1. The summed E-state index contributed by atoms with van der Waals surface area (Å²) in [5, 5.41) is 4.37. The number of hydrogen-bond donors (Lipinski definition) is 1. The predicted molar refractivity (Wildman–Crippen MR) is 98.7 cm³/mol. The molecule has 0 unspecified atom stereocenters. The van der Waals surface area contributed by atoms with Gasteiger partial charge in [0.05, 0.1) is 12.0 Å². The van der Waals surface area contributed by atoms with Crippen LogP contribution < -0.4 is 10.1 Å². The second-order valence-corrected chi connectivity index (χ2v) is 7.00. The fourth-order valence-electron chi connectivity index (χ4n) is 2.27. The Labute approximate surface area is 160 Å². The molecule has 1 aromatic heterocycles. The Morgan fingerprint density at radius 3 is 2.52 bits per heavy atom. The lowest BCUT2D eigenvalue weighted by molar-refractivity contribution is -0.145. The highest BCUT2D eigenvalue weighted by Crippen LogP contribution is 2.18. The SMILES string of the molecule is COc1ccc(C(=O)COC(=O)[C@H](NC(=O)c2cccs2)C(C)C)cc1F. The zero-order chi connectivity index (χ0) is 20.0. The van der Waals surface area contributed by atoms with Crippen molar-refractivity contribution in [3.8, 4) is 5.75 Å². The maximum atomic E-state index is 13.7. The lowest BCUT2D eigenvalue weighted by atomic mass is 10.0. The number of carbonyl (C=O) groups is 3. The Balaban J connectivity index is 1.98. The third-order valence-corrected chi connectivity index (χ3v) is 4.64. The van der Waals surface area contributed by atoms with E-state index in [9.17, 15) is 18.8 Å². The molecule has 1 atom stereocenters. The van der Waals surface area contributed by atoms with Gasteiger partial charge < -0.3 is 14.8 Å². The van der Waals surface area contributed by atoms with Crippen molar-refractivity contribution in [2.24, 2.45) is 5.92 Å². The zero-order valence-electron chi connectivity index (χ0n) is 15.2. The number of nitrogens with one attached hydrogen (secondary N) is 1. The monoisotopic (exact) mass is 393 g/mol. The van der Waals surface area contributed by atoms with Crippen LogP contribution in [0.1, 0.15) is 33.9 Å². The highest BCUT2D eigenvalue weighted by Gasteiger charge is 2.27. The van der Waals surface area contributed by atoms with Crippen LogP contribution in [0.15, 0.2) is 35.7 Å². The molecule has 0 saturated carbocycles. The summed E-state index contributed by atoms with van der Waals surface area (Å²) in [7, 11) is 1.32. The van der Waals surface area contributed by atoms with E-state index in [0.29, 0.717) is 4.88 Å². The number of ketones is 1. The Bertz CT molecular complexity index is 820. The Kier molecular flexibility index (Phi) is 7.06. The lowest BCUT2D eigenvalue weighted by Crippen LogP contribution is -2.45. The number of thiophene rings is 1.